The molecule has 0 aromatic heterocycles. The maximum Gasteiger partial charge on any atom is 0.255 e. The number of anilines is 1. The van der Waals surface area contributed by atoms with Crippen molar-refractivity contribution in [1.82, 2.24) is 4.90 Å². The first kappa shape index (κ1) is 14.2. The number of hydrogen-bond donors (Lipinski definition) is 1. The number of benzene rings is 1. The monoisotopic (exact) mass is 282 g/mol. The molecule has 104 valence electrons. The van der Waals surface area contributed by atoms with Crippen LogP contribution in [-0.4, -0.2) is 37.6 Å². The maximum absolute atomic E-state index is 12.2. The Bertz CT molecular complexity index is 461. The van der Waals surface area contributed by atoms with Gasteiger partial charge in [-0.15, -0.1) is 0 Å². The van der Waals surface area contributed by atoms with Crippen molar-refractivity contribution in [2.45, 2.75) is 12.8 Å². The van der Waals surface area contributed by atoms with Crippen molar-refractivity contribution in [3.05, 3.63) is 28.8 Å². The molecule has 2 rings (SSSR count). The molecular formula is C14H19ClN2O2. The fourth-order valence-corrected chi connectivity index (χ4v) is 1.93. The standard InChI is InChI=1S/C14H19ClN2O2/c1-17(6-7-19-9-10-2-3-10)14(18)12-8-11(15)4-5-13(12)16/h4-5,8,10H,2-3,6-7,9,16H2,1H3. The van der Waals surface area contributed by atoms with Gasteiger partial charge in [-0.2, -0.15) is 0 Å². The molecule has 1 aromatic carbocycles. The lowest BCUT2D eigenvalue weighted by Gasteiger charge is -2.18. The van der Waals surface area contributed by atoms with Crippen molar-refractivity contribution in [2.75, 3.05) is 32.5 Å². The third-order valence-electron chi connectivity index (χ3n) is 3.21. The number of nitrogens with zero attached hydrogens (tertiary/aromatic N) is 1. The molecule has 19 heavy (non-hydrogen) atoms. The van der Waals surface area contributed by atoms with E-state index < -0.39 is 0 Å². The summed E-state index contributed by atoms with van der Waals surface area (Å²) in [5, 5.41) is 0.510. The normalized spacial score (nSPS) is 14.4. The van der Waals surface area contributed by atoms with Gasteiger partial charge in [0.25, 0.3) is 5.91 Å². The molecule has 1 aromatic rings. The number of nitrogen functional groups attached to an aromatic ring is 1. The molecular weight excluding hydrogens is 264 g/mol. The minimum Gasteiger partial charge on any atom is -0.398 e. The molecule has 1 aliphatic rings. The summed E-state index contributed by atoms with van der Waals surface area (Å²) in [5.41, 5.74) is 6.68. The van der Waals surface area contributed by atoms with E-state index in [1.165, 1.54) is 12.8 Å². The van der Waals surface area contributed by atoms with Crippen LogP contribution in [0.4, 0.5) is 5.69 Å². The minimum absolute atomic E-state index is 0.130. The zero-order chi connectivity index (χ0) is 13.8. The van der Waals surface area contributed by atoms with Gasteiger partial charge in [-0.1, -0.05) is 11.6 Å². The lowest BCUT2D eigenvalue weighted by Crippen LogP contribution is -2.30. The molecule has 0 spiro atoms. The van der Waals surface area contributed by atoms with Gasteiger partial charge in [0.1, 0.15) is 0 Å². The Morgan fingerprint density at radius 1 is 1.53 bits per heavy atom. The largest absolute Gasteiger partial charge is 0.398 e. The second kappa shape index (κ2) is 6.26. The van der Waals surface area contributed by atoms with Gasteiger partial charge in [-0.25, -0.2) is 0 Å². The van der Waals surface area contributed by atoms with E-state index in [2.05, 4.69) is 0 Å². The molecule has 0 unspecified atom stereocenters. The molecule has 0 atom stereocenters. The van der Waals surface area contributed by atoms with Crippen LogP contribution in [0.2, 0.25) is 5.02 Å². The summed E-state index contributed by atoms with van der Waals surface area (Å²) in [7, 11) is 1.74. The van der Waals surface area contributed by atoms with Crippen LogP contribution >= 0.6 is 11.6 Å². The Kier molecular flexibility index (Phi) is 4.66. The van der Waals surface area contributed by atoms with Crippen LogP contribution in [-0.2, 0) is 4.74 Å². The van der Waals surface area contributed by atoms with Crippen LogP contribution in [0.5, 0.6) is 0 Å². The molecule has 0 saturated heterocycles. The van der Waals surface area contributed by atoms with Crippen molar-refractivity contribution >= 4 is 23.2 Å². The van der Waals surface area contributed by atoms with Crippen molar-refractivity contribution in [3.8, 4) is 0 Å². The molecule has 1 saturated carbocycles. The number of halogens is 1. The highest BCUT2D eigenvalue weighted by Gasteiger charge is 2.21. The van der Waals surface area contributed by atoms with Gasteiger partial charge in [-0.05, 0) is 37.0 Å². The fourth-order valence-electron chi connectivity index (χ4n) is 1.76. The van der Waals surface area contributed by atoms with Crippen LogP contribution in [0.3, 0.4) is 0 Å². The van der Waals surface area contributed by atoms with E-state index in [1.807, 2.05) is 0 Å². The summed E-state index contributed by atoms with van der Waals surface area (Å²) >= 11 is 5.88. The number of carbonyl (C=O) groups excluding carboxylic acids is 1. The molecule has 1 fully saturated rings. The molecule has 2 N–H and O–H groups in total. The molecule has 1 aliphatic carbocycles. The Balaban J connectivity index is 1.84. The van der Waals surface area contributed by atoms with Crippen LogP contribution in [0.15, 0.2) is 18.2 Å². The number of hydrogen-bond acceptors (Lipinski definition) is 3. The predicted molar refractivity (Wildman–Crippen MR) is 76.4 cm³/mol. The highest BCUT2D eigenvalue weighted by atomic mass is 35.5. The van der Waals surface area contributed by atoms with Crippen LogP contribution in [0.25, 0.3) is 0 Å². The second-order valence-electron chi connectivity index (χ2n) is 4.98. The van der Waals surface area contributed by atoms with E-state index in [0.29, 0.717) is 29.4 Å². The third kappa shape index (κ3) is 4.11. The predicted octanol–water partition coefficient (Wildman–Crippen LogP) is 2.42. The van der Waals surface area contributed by atoms with Gasteiger partial charge < -0.3 is 15.4 Å². The zero-order valence-electron chi connectivity index (χ0n) is 11.1. The van der Waals surface area contributed by atoms with Gasteiger partial charge in [0.2, 0.25) is 0 Å². The molecule has 0 heterocycles. The molecule has 4 nitrogen and oxygen atoms in total. The lowest BCUT2D eigenvalue weighted by atomic mass is 10.1. The zero-order valence-corrected chi connectivity index (χ0v) is 11.8. The highest BCUT2D eigenvalue weighted by molar-refractivity contribution is 6.31. The number of nitrogens with two attached hydrogens (primary N) is 1. The van der Waals surface area contributed by atoms with Crippen LogP contribution in [0.1, 0.15) is 23.2 Å². The number of ether oxygens (including phenoxy) is 1. The Labute approximate surface area is 118 Å². The van der Waals surface area contributed by atoms with E-state index in [0.717, 1.165) is 12.5 Å². The third-order valence-corrected chi connectivity index (χ3v) is 3.45. The smallest absolute Gasteiger partial charge is 0.255 e. The Morgan fingerprint density at radius 3 is 2.95 bits per heavy atom. The number of amides is 1. The number of rotatable bonds is 6. The van der Waals surface area contributed by atoms with E-state index in [4.69, 9.17) is 22.1 Å². The topological polar surface area (TPSA) is 55.6 Å². The van der Waals surface area contributed by atoms with E-state index in [-0.39, 0.29) is 5.91 Å². The Hall–Kier alpha value is -1.26. The average Bonchev–Trinajstić information content (AvgIpc) is 3.20. The molecule has 0 radical (unpaired) electrons. The van der Waals surface area contributed by atoms with Gasteiger partial charge in [0.15, 0.2) is 0 Å². The first-order valence-electron chi connectivity index (χ1n) is 6.46. The van der Waals surface area contributed by atoms with Crippen molar-refractivity contribution in [1.29, 1.82) is 0 Å². The molecule has 5 heteroatoms. The Morgan fingerprint density at radius 2 is 2.26 bits per heavy atom. The fraction of sp³-hybridized carbons (Fsp3) is 0.500. The maximum atomic E-state index is 12.2. The minimum atomic E-state index is -0.130. The average molecular weight is 283 g/mol. The van der Waals surface area contributed by atoms with E-state index in [9.17, 15) is 4.79 Å². The first-order valence-corrected chi connectivity index (χ1v) is 6.84. The van der Waals surface area contributed by atoms with Gasteiger partial charge in [0.05, 0.1) is 12.2 Å². The summed E-state index contributed by atoms with van der Waals surface area (Å²) in [6.45, 7) is 1.91. The number of carbonyl (C=O) groups is 1. The SMILES string of the molecule is CN(CCOCC1CC1)C(=O)c1cc(Cl)ccc1N. The van der Waals surface area contributed by atoms with Crippen molar-refractivity contribution in [3.63, 3.8) is 0 Å². The summed E-state index contributed by atoms with van der Waals surface area (Å²) in [5.74, 6) is 0.611. The molecule has 0 bridgehead atoms. The molecule has 0 aliphatic heterocycles. The quantitative estimate of drug-likeness (QED) is 0.644. The van der Waals surface area contributed by atoms with Gasteiger partial charge in [0, 0.05) is 30.9 Å². The summed E-state index contributed by atoms with van der Waals surface area (Å²) in [4.78, 5) is 13.8. The second-order valence-corrected chi connectivity index (χ2v) is 5.41. The summed E-state index contributed by atoms with van der Waals surface area (Å²) in [6.07, 6.45) is 2.54. The highest BCUT2D eigenvalue weighted by Crippen LogP contribution is 2.28. The molecule has 1 amide bonds. The van der Waals surface area contributed by atoms with Gasteiger partial charge in [-0.3, -0.25) is 4.79 Å². The van der Waals surface area contributed by atoms with Gasteiger partial charge >= 0.3 is 0 Å². The van der Waals surface area contributed by atoms with Crippen LogP contribution in [0, 0.1) is 5.92 Å². The summed E-state index contributed by atoms with van der Waals surface area (Å²) in [6, 6.07) is 4.92. The number of likely N-dealkylation sites (N-methyl/N-ethyl adjacent to an activating group) is 1. The van der Waals surface area contributed by atoms with Crippen molar-refractivity contribution < 1.29 is 9.53 Å². The van der Waals surface area contributed by atoms with E-state index in [1.54, 1.807) is 30.1 Å². The summed E-state index contributed by atoms with van der Waals surface area (Å²) < 4.78 is 5.52. The van der Waals surface area contributed by atoms with E-state index >= 15 is 0 Å². The van der Waals surface area contributed by atoms with Crippen LogP contribution < -0.4 is 5.73 Å². The van der Waals surface area contributed by atoms with Crippen molar-refractivity contribution in [2.24, 2.45) is 5.92 Å². The first-order chi connectivity index (χ1) is 9.08. The lowest BCUT2D eigenvalue weighted by molar-refractivity contribution is 0.0682.